The average Bonchev–Trinajstić information content (AvgIpc) is 3.00. The molecule has 0 aliphatic carbocycles. The van der Waals surface area contributed by atoms with Crippen LogP contribution in [-0.2, 0) is 11.3 Å². The molecule has 0 atom stereocenters. The number of benzene rings is 1. The van der Waals surface area contributed by atoms with Crippen LogP contribution in [0, 0.1) is 0 Å². The number of nitrogens with one attached hydrogen (secondary N) is 1. The van der Waals surface area contributed by atoms with Crippen molar-refractivity contribution in [2.45, 2.75) is 20.4 Å². The number of hydrogen-bond donors (Lipinski definition) is 1. The summed E-state index contributed by atoms with van der Waals surface area (Å²) in [5.74, 6) is 0.0474. The smallest absolute Gasteiger partial charge is 0.234 e. The molecule has 0 aliphatic heterocycles. The summed E-state index contributed by atoms with van der Waals surface area (Å²) in [7, 11) is 0. The molecule has 0 bridgehead atoms. The highest BCUT2D eigenvalue weighted by molar-refractivity contribution is 5.77. The van der Waals surface area contributed by atoms with E-state index in [4.69, 9.17) is 0 Å². The molecule has 0 radical (unpaired) electrons. The topological polar surface area (TPSA) is 50.2 Å². The van der Waals surface area contributed by atoms with Crippen LogP contribution in [0.3, 0.4) is 0 Å². The van der Waals surface area contributed by atoms with Crippen molar-refractivity contribution in [3.63, 3.8) is 0 Å². The van der Waals surface area contributed by atoms with Crippen LogP contribution in [0.25, 0.3) is 5.69 Å². The number of carbonyl (C=O) groups excluding carboxylic acids is 1. The van der Waals surface area contributed by atoms with Gasteiger partial charge < -0.3 is 5.32 Å². The molecule has 2 aromatic rings. The zero-order valence-corrected chi connectivity index (χ0v) is 12.6. The molecule has 21 heavy (non-hydrogen) atoms. The maximum Gasteiger partial charge on any atom is 0.234 e. The van der Waals surface area contributed by atoms with Crippen LogP contribution in [-0.4, -0.2) is 40.2 Å². The van der Waals surface area contributed by atoms with E-state index in [1.807, 2.05) is 41.2 Å². The van der Waals surface area contributed by atoms with Gasteiger partial charge in [-0.15, -0.1) is 0 Å². The standard InChI is InChI=1S/C16H22N4O/c1-3-19(4-2)13-16(21)17-10-14-11-18-20(12-14)15-8-6-5-7-9-15/h5-9,11-12H,3-4,10,13H2,1-2H3,(H,17,21). The third-order valence-corrected chi connectivity index (χ3v) is 3.41. The molecule has 0 saturated heterocycles. The van der Waals surface area contributed by atoms with Crippen molar-refractivity contribution in [3.05, 3.63) is 48.3 Å². The van der Waals surface area contributed by atoms with Crippen LogP contribution in [0.15, 0.2) is 42.7 Å². The second kappa shape index (κ2) is 7.59. The summed E-state index contributed by atoms with van der Waals surface area (Å²) in [4.78, 5) is 13.9. The second-order valence-electron chi connectivity index (χ2n) is 4.87. The summed E-state index contributed by atoms with van der Waals surface area (Å²) in [6.07, 6.45) is 3.72. The SMILES string of the molecule is CCN(CC)CC(=O)NCc1cnn(-c2ccccc2)c1. The van der Waals surface area contributed by atoms with Crippen LogP contribution in [0.1, 0.15) is 19.4 Å². The van der Waals surface area contributed by atoms with E-state index < -0.39 is 0 Å². The highest BCUT2D eigenvalue weighted by atomic mass is 16.2. The Kier molecular flexibility index (Phi) is 5.51. The summed E-state index contributed by atoms with van der Waals surface area (Å²) in [6, 6.07) is 9.91. The van der Waals surface area contributed by atoms with Gasteiger partial charge in [-0.2, -0.15) is 5.10 Å². The van der Waals surface area contributed by atoms with Gasteiger partial charge in [0, 0.05) is 18.3 Å². The van der Waals surface area contributed by atoms with Crippen molar-refractivity contribution < 1.29 is 4.79 Å². The third kappa shape index (κ3) is 4.43. The van der Waals surface area contributed by atoms with E-state index in [-0.39, 0.29) is 5.91 Å². The molecular formula is C16H22N4O. The van der Waals surface area contributed by atoms with Gasteiger partial charge in [0.15, 0.2) is 0 Å². The molecule has 5 heteroatoms. The van der Waals surface area contributed by atoms with Gasteiger partial charge in [-0.25, -0.2) is 4.68 Å². The highest BCUT2D eigenvalue weighted by Gasteiger charge is 2.07. The Labute approximate surface area is 125 Å². The molecule has 1 aromatic carbocycles. The lowest BCUT2D eigenvalue weighted by atomic mass is 10.3. The molecule has 0 saturated carbocycles. The molecule has 2 rings (SSSR count). The molecule has 0 spiro atoms. The van der Waals surface area contributed by atoms with Gasteiger partial charge in [-0.3, -0.25) is 9.69 Å². The first-order valence-electron chi connectivity index (χ1n) is 7.31. The maximum absolute atomic E-state index is 11.8. The summed E-state index contributed by atoms with van der Waals surface area (Å²) in [6.45, 7) is 6.83. The van der Waals surface area contributed by atoms with Crippen LogP contribution < -0.4 is 5.32 Å². The van der Waals surface area contributed by atoms with Crippen LogP contribution >= 0.6 is 0 Å². The molecule has 112 valence electrons. The number of aromatic nitrogens is 2. The van der Waals surface area contributed by atoms with E-state index in [0.29, 0.717) is 13.1 Å². The number of para-hydroxylation sites is 1. The van der Waals surface area contributed by atoms with Gasteiger partial charge in [0.05, 0.1) is 18.4 Å². The normalized spacial score (nSPS) is 10.8. The number of nitrogens with zero attached hydrogens (tertiary/aromatic N) is 3. The first-order valence-corrected chi connectivity index (χ1v) is 7.31. The summed E-state index contributed by atoms with van der Waals surface area (Å²) in [5, 5.41) is 7.24. The first kappa shape index (κ1) is 15.3. The lowest BCUT2D eigenvalue weighted by Crippen LogP contribution is -2.36. The Morgan fingerprint density at radius 3 is 2.62 bits per heavy atom. The van der Waals surface area contributed by atoms with Crippen LogP contribution in [0.4, 0.5) is 0 Å². The quantitative estimate of drug-likeness (QED) is 0.845. The lowest BCUT2D eigenvalue weighted by molar-refractivity contribution is -0.122. The molecule has 1 aromatic heterocycles. The molecule has 5 nitrogen and oxygen atoms in total. The predicted molar refractivity (Wildman–Crippen MR) is 83.2 cm³/mol. The van der Waals surface area contributed by atoms with Crippen molar-refractivity contribution in [2.75, 3.05) is 19.6 Å². The number of rotatable bonds is 7. The zero-order chi connectivity index (χ0) is 15.1. The summed E-state index contributed by atoms with van der Waals surface area (Å²) in [5.41, 5.74) is 2.00. The van der Waals surface area contributed by atoms with Gasteiger partial charge in [-0.1, -0.05) is 32.0 Å². The monoisotopic (exact) mass is 286 g/mol. The minimum Gasteiger partial charge on any atom is -0.351 e. The zero-order valence-electron chi connectivity index (χ0n) is 12.6. The van der Waals surface area contributed by atoms with Crippen LogP contribution in [0.2, 0.25) is 0 Å². The Hall–Kier alpha value is -2.14. The molecule has 1 amide bonds. The van der Waals surface area contributed by atoms with Crippen molar-refractivity contribution in [2.24, 2.45) is 0 Å². The van der Waals surface area contributed by atoms with Crippen molar-refractivity contribution in [1.82, 2.24) is 20.0 Å². The fraction of sp³-hybridized carbons (Fsp3) is 0.375. The van der Waals surface area contributed by atoms with Crippen molar-refractivity contribution >= 4 is 5.91 Å². The maximum atomic E-state index is 11.8. The number of amides is 1. The number of hydrogen-bond acceptors (Lipinski definition) is 3. The number of likely N-dealkylation sites (N-methyl/N-ethyl adjacent to an activating group) is 1. The van der Waals surface area contributed by atoms with Gasteiger partial charge >= 0.3 is 0 Å². The minimum atomic E-state index is 0.0474. The average molecular weight is 286 g/mol. The Bertz CT molecular complexity index is 561. The Balaban J connectivity index is 1.87. The van der Waals surface area contributed by atoms with Gasteiger partial charge in [0.2, 0.25) is 5.91 Å². The van der Waals surface area contributed by atoms with E-state index in [2.05, 4.69) is 29.2 Å². The number of carbonyl (C=O) groups is 1. The van der Waals surface area contributed by atoms with Crippen molar-refractivity contribution in [1.29, 1.82) is 0 Å². The van der Waals surface area contributed by atoms with E-state index in [1.54, 1.807) is 6.20 Å². The van der Waals surface area contributed by atoms with E-state index in [9.17, 15) is 4.79 Å². The van der Waals surface area contributed by atoms with E-state index in [0.717, 1.165) is 24.3 Å². The molecule has 0 aliphatic rings. The van der Waals surface area contributed by atoms with Gasteiger partial charge in [0.25, 0.3) is 0 Å². The molecular weight excluding hydrogens is 264 g/mol. The minimum absolute atomic E-state index is 0.0474. The fourth-order valence-electron chi connectivity index (χ4n) is 2.08. The third-order valence-electron chi connectivity index (χ3n) is 3.41. The lowest BCUT2D eigenvalue weighted by Gasteiger charge is -2.16. The van der Waals surface area contributed by atoms with Gasteiger partial charge in [-0.05, 0) is 25.2 Å². The Morgan fingerprint density at radius 1 is 1.24 bits per heavy atom. The summed E-state index contributed by atoms with van der Waals surface area (Å²) >= 11 is 0. The second-order valence-corrected chi connectivity index (χ2v) is 4.87. The largest absolute Gasteiger partial charge is 0.351 e. The highest BCUT2D eigenvalue weighted by Crippen LogP contribution is 2.07. The molecule has 1 N–H and O–H groups in total. The van der Waals surface area contributed by atoms with Crippen LogP contribution in [0.5, 0.6) is 0 Å². The summed E-state index contributed by atoms with van der Waals surface area (Å²) < 4.78 is 1.81. The Morgan fingerprint density at radius 2 is 1.95 bits per heavy atom. The molecule has 0 fully saturated rings. The first-order chi connectivity index (χ1) is 10.2. The van der Waals surface area contributed by atoms with E-state index in [1.165, 1.54) is 0 Å². The predicted octanol–water partition coefficient (Wildman–Crippen LogP) is 1.83. The molecule has 1 heterocycles. The molecule has 0 unspecified atom stereocenters. The fourth-order valence-corrected chi connectivity index (χ4v) is 2.08. The van der Waals surface area contributed by atoms with Gasteiger partial charge in [0.1, 0.15) is 0 Å². The van der Waals surface area contributed by atoms with Crippen molar-refractivity contribution in [3.8, 4) is 5.69 Å². The van der Waals surface area contributed by atoms with E-state index >= 15 is 0 Å².